The molecule has 0 bridgehead atoms. The lowest BCUT2D eigenvalue weighted by atomic mass is 10.0. The standard InChI is InChI=1S/C16H22N2O3S.ClH/c19-15(18-8-4-14-12(11-18)6-10-22-14)5-9-17-7-2-1-3-13(17)16(20)21;/h6,10,13H,1-5,7-9,11H2,(H,20,21);1H. The molecule has 1 aromatic heterocycles. The Bertz CT molecular complexity index is 563. The van der Waals surface area contributed by atoms with Crippen LogP contribution >= 0.6 is 23.7 Å². The largest absolute Gasteiger partial charge is 0.480 e. The smallest absolute Gasteiger partial charge is 0.320 e. The van der Waals surface area contributed by atoms with E-state index >= 15 is 0 Å². The highest BCUT2D eigenvalue weighted by Crippen LogP contribution is 2.24. The van der Waals surface area contributed by atoms with Crippen LogP contribution in [0.1, 0.15) is 36.1 Å². The first-order chi connectivity index (χ1) is 10.6. The summed E-state index contributed by atoms with van der Waals surface area (Å²) in [4.78, 5) is 29.0. The Hall–Kier alpha value is -1.11. The number of likely N-dealkylation sites (tertiary alicyclic amines) is 1. The number of amides is 1. The topological polar surface area (TPSA) is 60.9 Å². The lowest BCUT2D eigenvalue weighted by molar-refractivity contribution is -0.145. The Morgan fingerprint density at radius 1 is 1.30 bits per heavy atom. The monoisotopic (exact) mass is 358 g/mol. The van der Waals surface area contributed by atoms with Crippen LogP contribution in [0.2, 0.25) is 0 Å². The second-order valence-corrected chi connectivity index (χ2v) is 7.07. The highest BCUT2D eigenvalue weighted by molar-refractivity contribution is 7.10. The normalized spacial score (nSPS) is 21.4. The molecule has 7 heteroatoms. The summed E-state index contributed by atoms with van der Waals surface area (Å²) in [6, 6.07) is 1.69. The SMILES string of the molecule is Cl.O=C(O)C1CCCCN1CCC(=O)N1CCc2sccc2C1. The van der Waals surface area contributed by atoms with Crippen LogP contribution in [0.4, 0.5) is 0 Å². The van der Waals surface area contributed by atoms with Gasteiger partial charge in [-0.1, -0.05) is 6.42 Å². The van der Waals surface area contributed by atoms with Gasteiger partial charge in [-0.15, -0.1) is 23.7 Å². The Kier molecular flexibility index (Phi) is 6.44. The molecular weight excluding hydrogens is 336 g/mol. The molecule has 0 radical (unpaired) electrons. The van der Waals surface area contributed by atoms with Crippen LogP contribution in [-0.4, -0.2) is 52.5 Å². The molecule has 2 aliphatic rings. The maximum Gasteiger partial charge on any atom is 0.320 e. The molecule has 23 heavy (non-hydrogen) atoms. The highest BCUT2D eigenvalue weighted by Gasteiger charge is 2.29. The fourth-order valence-corrected chi connectivity index (χ4v) is 4.29. The summed E-state index contributed by atoms with van der Waals surface area (Å²) in [5, 5.41) is 11.4. The molecule has 1 unspecified atom stereocenters. The zero-order valence-corrected chi connectivity index (χ0v) is 14.7. The van der Waals surface area contributed by atoms with Crippen molar-refractivity contribution in [3.63, 3.8) is 0 Å². The Labute approximate surface area is 146 Å². The van der Waals surface area contributed by atoms with Gasteiger partial charge in [0.15, 0.2) is 0 Å². The first-order valence-electron chi connectivity index (χ1n) is 7.95. The number of rotatable bonds is 4. The second-order valence-electron chi connectivity index (χ2n) is 6.07. The first-order valence-corrected chi connectivity index (χ1v) is 8.83. The minimum Gasteiger partial charge on any atom is -0.480 e. The van der Waals surface area contributed by atoms with Gasteiger partial charge in [-0.2, -0.15) is 0 Å². The van der Waals surface area contributed by atoms with Gasteiger partial charge in [0.1, 0.15) is 6.04 Å². The fraction of sp³-hybridized carbons (Fsp3) is 0.625. The lowest BCUT2D eigenvalue weighted by Crippen LogP contribution is -2.46. The van der Waals surface area contributed by atoms with E-state index in [0.29, 0.717) is 25.9 Å². The Morgan fingerprint density at radius 3 is 2.91 bits per heavy atom. The number of hydrogen-bond acceptors (Lipinski definition) is 4. The molecule has 2 aliphatic heterocycles. The van der Waals surface area contributed by atoms with Crippen molar-refractivity contribution in [1.82, 2.24) is 9.80 Å². The maximum atomic E-state index is 12.4. The first kappa shape index (κ1) is 18.2. The van der Waals surface area contributed by atoms with E-state index in [-0.39, 0.29) is 18.3 Å². The van der Waals surface area contributed by atoms with E-state index in [9.17, 15) is 14.7 Å². The highest BCUT2D eigenvalue weighted by atomic mass is 35.5. The number of thiophene rings is 1. The van der Waals surface area contributed by atoms with Crippen molar-refractivity contribution in [1.29, 1.82) is 0 Å². The Morgan fingerprint density at radius 2 is 2.13 bits per heavy atom. The third-order valence-corrected chi connectivity index (χ3v) is 5.69. The number of carbonyl (C=O) groups is 2. The molecule has 1 N–H and O–H groups in total. The minimum absolute atomic E-state index is 0. The predicted molar refractivity (Wildman–Crippen MR) is 92.2 cm³/mol. The van der Waals surface area contributed by atoms with Crippen molar-refractivity contribution < 1.29 is 14.7 Å². The summed E-state index contributed by atoms with van der Waals surface area (Å²) in [6.07, 6.45) is 4.06. The van der Waals surface area contributed by atoms with Crippen LogP contribution in [0.5, 0.6) is 0 Å². The lowest BCUT2D eigenvalue weighted by Gasteiger charge is -2.33. The van der Waals surface area contributed by atoms with Gasteiger partial charge >= 0.3 is 5.97 Å². The molecular formula is C16H23ClN2O3S. The fourth-order valence-electron chi connectivity index (χ4n) is 3.40. The van der Waals surface area contributed by atoms with Gasteiger partial charge in [0.25, 0.3) is 0 Å². The van der Waals surface area contributed by atoms with Gasteiger partial charge in [-0.05, 0) is 42.8 Å². The number of carboxylic acid groups (broad SMARTS) is 1. The number of carboxylic acids is 1. The number of nitrogens with zero attached hydrogens (tertiary/aromatic N) is 2. The molecule has 128 valence electrons. The zero-order chi connectivity index (χ0) is 15.5. The third-order valence-electron chi connectivity index (χ3n) is 4.67. The molecule has 5 nitrogen and oxygen atoms in total. The van der Waals surface area contributed by atoms with Crippen molar-refractivity contribution in [3.05, 3.63) is 21.9 Å². The summed E-state index contributed by atoms with van der Waals surface area (Å²) < 4.78 is 0. The van der Waals surface area contributed by atoms with Gasteiger partial charge in [0.2, 0.25) is 5.91 Å². The van der Waals surface area contributed by atoms with Crippen LogP contribution in [0, 0.1) is 0 Å². The van der Waals surface area contributed by atoms with Crippen molar-refractivity contribution in [2.75, 3.05) is 19.6 Å². The molecule has 1 atom stereocenters. The van der Waals surface area contributed by atoms with Crippen molar-refractivity contribution in [2.24, 2.45) is 0 Å². The zero-order valence-electron chi connectivity index (χ0n) is 13.1. The van der Waals surface area contributed by atoms with Gasteiger partial charge < -0.3 is 10.0 Å². The molecule has 1 saturated heterocycles. The van der Waals surface area contributed by atoms with Crippen LogP contribution < -0.4 is 0 Å². The van der Waals surface area contributed by atoms with E-state index in [2.05, 4.69) is 11.4 Å². The van der Waals surface area contributed by atoms with Gasteiger partial charge in [-0.3, -0.25) is 14.5 Å². The summed E-state index contributed by atoms with van der Waals surface area (Å²) in [7, 11) is 0. The molecule has 0 aromatic carbocycles. The van der Waals surface area contributed by atoms with Gasteiger partial charge in [-0.25, -0.2) is 0 Å². The van der Waals surface area contributed by atoms with E-state index in [0.717, 1.165) is 32.4 Å². The average molecular weight is 359 g/mol. The van der Waals surface area contributed by atoms with E-state index in [1.807, 2.05) is 9.80 Å². The number of halogens is 1. The van der Waals surface area contributed by atoms with Crippen LogP contribution in [-0.2, 0) is 22.6 Å². The number of fused-ring (bicyclic) bond motifs is 1. The number of hydrogen-bond donors (Lipinski definition) is 1. The maximum absolute atomic E-state index is 12.4. The van der Waals surface area contributed by atoms with Gasteiger partial charge in [0.05, 0.1) is 0 Å². The minimum atomic E-state index is -0.756. The molecule has 3 rings (SSSR count). The molecule has 0 saturated carbocycles. The van der Waals surface area contributed by atoms with E-state index in [1.54, 1.807) is 11.3 Å². The van der Waals surface area contributed by atoms with Crippen molar-refractivity contribution in [3.8, 4) is 0 Å². The number of carbonyl (C=O) groups excluding carboxylic acids is 1. The summed E-state index contributed by atoms with van der Waals surface area (Å²) >= 11 is 1.77. The Balaban J connectivity index is 0.00000192. The van der Waals surface area contributed by atoms with Gasteiger partial charge in [0, 0.05) is 30.9 Å². The quantitative estimate of drug-likeness (QED) is 0.897. The van der Waals surface area contributed by atoms with E-state index in [1.165, 1.54) is 10.4 Å². The van der Waals surface area contributed by atoms with Crippen LogP contribution in [0.15, 0.2) is 11.4 Å². The van der Waals surface area contributed by atoms with Crippen LogP contribution in [0.3, 0.4) is 0 Å². The summed E-state index contributed by atoms with van der Waals surface area (Å²) in [5.41, 5.74) is 1.27. The second kappa shape index (κ2) is 8.13. The van der Waals surface area contributed by atoms with Crippen LogP contribution in [0.25, 0.3) is 0 Å². The van der Waals surface area contributed by atoms with Crippen molar-refractivity contribution in [2.45, 2.75) is 44.7 Å². The molecule has 0 aliphatic carbocycles. The molecule has 1 aromatic rings. The molecule has 1 amide bonds. The summed E-state index contributed by atoms with van der Waals surface area (Å²) in [6.45, 7) is 2.84. The number of piperidine rings is 1. The summed E-state index contributed by atoms with van der Waals surface area (Å²) in [5.74, 6) is -0.611. The molecule has 0 spiro atoms. The average Bonchev–Trinajstić information content (AvgIpc) is 3.00. The predicted octanol–water partition coefficient (Wildman–Crippen LogP) is 2.38. The molecule has 3 heterocycles. The van der Waals surface area contributed by atoms with Crippen molar-refractivity contribution >= 4 is 35.6 Å². The number of aliphatic carboxylic acids is 1. The van der Waals surface area contributed by atoms with E-state index < -0.39 is 12.0 Å². The molecule has 1 fully saturated rings. The third kappa shape index (κ3) is 4.25. The van der Waals surface area contributed by atoms with E-state index in [4.69, 9.17) is 0 Å².